The van der Waals surface area contributed by atoms with Crippen molar-refractivity contribution in [1.82, 2.24) is 10.6 Å². The summed E-state index contributed by atoms with van der Waals surface area (Å²) in [5.74, 6) is 1.46. The van der Waals surface area contributed by atoms with E-state index in [0.717, 1.165) is 25.2 Å². The normalized spacial score (nSPS) is 37.2. The van der Waals surface area contributed by atoms with E-state index in [-0.39, 0.29) is 11.4 Å². The van der Waals surface area contributed by atoms with E-state index in [9.17, 15) is 4.79 Å². The standard InChI is InChI=1S/C15H21ClN2O/c1-9-4-10-6-11(5-9)8-12(7-10)17-15(19)13-2-3-14(16)18-13/h2,4,9,11-12,14,18H,3,5-8H2,1H3,(H,17,19). The molecule has 104 valence electrons. The van der Waals surface area contributed by atoms with Crippen molar-refractivity contribution in [3.05, 3.63) is 23.4 Å². The summed E-state index contributed by atoms with van der Waals surface area (Å²) in [4.78, 5) is 12.1. The molecule has 1 fully saturated rings. The van der Waals surface area contributed by atoms with E-state index in [1.807, 2.05) is 6.08 Å². The Hall–Kier alpha value is -0.960. The maximum Gasteiger partial charge on any atom is 0.267 e. The highest BCUT2D eigenvalue weighted by molar-refractivity contribution is 6.21. The van der Waals surface area contributed by atoms with Crippen LogP contribution >= 0.6 is 11.6 Å². The minimum atomic E-state index is -0.130. The third-order valence-corrected chi connectivity index (χ3v) is 4.61. The van der Waals surface area contributed by atoms with Gasteiger partial charge < -0.3 is 10.6 Å². The van der Waals surface area contributed by atoms with Crippen LogP contribution in [0.3, 0.4) is 0 Å². The Kier molecular flexibility index (Phi) is 3.57. The molecule has 0 aromatic carbocycles. The highest BCUT2D eigenvalue weighted by Gasteiger charge is 2.31. The molecule has 1 amide bonds. The molecule has 0 spiro atoms. The maximum absolute atomic E-state index is 12.1. The fourth-order valence-corrected chi connectivity index (χ4v) is 3.90. The quantitative estimate of drug-likeness (QED) is 0.464. The second-order valence-electron chi connectivity index (χ2n) is 6.18. The van der Waals surface area contributed by atoms with Crippen molar-refractivity contribution in [1.29, 1.82) is 0 Å². The van der Waals surface area contributed by atoms with Crippen molar-refractivity contribution < 1.29 is 4.79 Å². The molecule has 0 aromatic heterocycles. The van der Waals surface area contributed by atoms with Crippen molar-refractivity contribution >= 4 is 17.5 Å². The van der Waals surface area contributed by atoms with E-state index in [4.69, 9.17) is 11.6 Å². The summed E-state index contributed by atoms with van der Waals surface area (Å²) in [5.41, 5.74) is 2.04. The second kappa shape index (κ2) is 5.20. The summed E-state index contributed by atoms with van der Waals surface area (Å²) in [6, 6.07) is 0.294. The number of rotatable bonds is 2. The monoisotopic (exact) mass is 280 g/mol. The van der Waals surface area contributed by atoms with E-state index < -0.39 is 0 Å². The number of allylic oxidation sites excluding steroid dienone is 1. The van der Waals surface area contributed by atoms with E-state index >= 15 is 0 Å². The van der Waals surface area contributed by atoms with Crippen LogP contribution in [0.15, 0.2) is 23.4 Å². The maximum atomic E-state index is 12.1. The van der Waals surface area contributed by atoms with Crippen LogP contribution in [-0.2, 0) is 4.79 Å². The van der Waals surface area contributed by atoms with Crippen LogP contribution in [0.1, 0.15) is 39.0 Å². The molecule has 2 N–H and O–H groups in total. The molecule has 3 rings (SSSR count). The van der Waals surface area contributed by atoms with Gasteiger partial charge in [-0.05, 0) is 37.5 Å². The van der Waals surface area contributed by atoms with Crippen LogP contribution in [0.4, 0.5) is 0 Å². The van der Waals surface area contributed by atoms with E-state index in [1.165, 1.54) is 18.4 Å². The lowest BCUT2D eigenvalue weighted by atomic mass is 9.73. The van der Waals surface area contributed by atoms with Gasteiger partial charge >= 0.3 is 0 Å². The lowest BCUT2D eigenvalue weighted by molar-refractivity contribution is -0.118. The molecule has 3 aliphatic rings. The zero-order chi connectivity index (χ0) is 13.4. The van der Waals surface area contributed by atoms with E-state index in [0.29, 0.717) is 17.7 Å². The first-order valence-electron chi connectivity index (χ1n) is 7.21. The topological polar surface area (TPSA) is 41.1 Å². The Bertz CT molecular complexity index is 443. The number of alkyl halides is 1. The molecule has 2 bridgehead atoms. The van der Waals surface area contributed by atoms with Gasteiger partial charge in [0.05, 0.1) is 5.70 Å². The molecule has 2 aliphatic carbocycles. The number of carbonyl (C=O) groups excluding carboxylic acids is 1. The number of fused-ring (bicyclic) bond motifs is 2. The molecule has 0 aromatic rings. The average Bonchev–Trinajstić information content (AvgIpc) is 2.74. The summed E-state index contributed by atoms with van der Waals surface area (Å²) >= 11 is 5.94. The molecule has 19 heavy (non-hydrogen) atoms. The molecule has 0 saturated heterocycles. The van der Waals surface area contributed by atoms with Crippen molar-refractivity contribution in [3.63, 3.8) is 0 Å². The summed E-state index contributed by atoms with van der Waals surface area (Å²) in [6.45, 7) is 2.29. The highest BCUT2D eigenvalue weighted by Crippen LogP contribution is 2.38. The van der Waals surface area contributed by atoms with Gasteiger partial charge in [0.1, 0.15) is 5.50 Å². The van der Waals surface area contributed by atoms with Gasteiger partial charge in [0.25, 0.3) is 5.91 Å². The lowest BCUT2D eigenvalue weighted by Crippen LogP contribution is -2.42. The van der Waals surface area contributed by atoms with E-state index in [2.05, 4.69) is 23.6 Å². The lowest BCUT2D eigenvalue weighted by Gasteiger charge is -2.36. The molecule has 1 saturated carbocycles. The van der Waals surface area contributed by atoms with Crippen molar-refractivity contribution in [3.8, 4) is 0 Å². The first kappa shape index (κ1) is 13.0. The summed E-state index contributed by atoms with van der Waals surface area (Å²) < 4.78 is 0. The smallest absolute Gasteiger partial charge is 0.267 e. The fraction of sp³-hybridized carbons (Fsp3) is 0.667. The predicted molar refractivity (Wildman–Crippen MR) is 76.6 cm³/mol. The zero-order valence-electron chi connectivity index (χ0n) is 11.3. The van der Waals surface area contributed by atoms with Crippen LogP contribution in [0.25, 0.3) is 0 Å². The van der Waals surface area contributed by atoms with Crippen LogP contribution in [0.2, 0.25) is 0 Å². The van der Waals surface area contributed by atoms with Gasteiger partial charge in [-0.3, -0.25) is 4.79 Å². The molecule has 4 heteroatoms. The fourth-order valence-electron chi connectivity index (χ4n) is 3.69. The zero-order valence-corrected chi connectivity index (χ0v) is 12.0. The van der Waals surface area contributed by atoms with Crippen LogP contribution in [0.5, 0.6) is 0 Å². The van der Waals surface area contributed by atoms with Crippen molar-refractivity contribution in [2.24, 2.45) is 11.8 Å². The minimum Gasteiger partial charge on any atom is -0.365 e. The molecular weight excluding hydrogens is 260 g/mol. The third kappa shape index (κ3) is 2.97. The summed E-state index contributed by atoms with van der Waals surface area (Å²) in [6.07, 6.45) is 9.64. The Morgan fingerprint density at radius 3 is 2.95 bits per heavy atom. The Morgan fingerprint density at radius 2 is 2.26 bits per heavy atom. The van der Waals surface area contributed by atoms with Gasteiger partial charge in [-0.25, -0.2) is 0 Å². The largest absolute Gasteiger partial charge is 0.365 e. The van der Waals surface area contributed by atoms with Crippen LogP contribution in [0, 0.1) is 11.8 Å². The second-order valence-corrected chi connectivity index (χ2v) is 6.71. The molecule has 3 nitrogen and oxygen atoms in total. The first-order valence-corrected chi connectivity index (χ1v) is 7.65. The highest BCUT2D eigenvalue weighted by atomic mass is 35.5. The van der Waals surface area contributed by atoms with Crippen LogP contribution < -0.4 is 10.6 Å². The predicted octanol–water partition coefficient (Wildman–Crippen LogP) is 2.68. The number of halogens is 1. The summed E-state index contributed by atoms with van der Waals surface area (Å²) in [7, 11) is 0. The van der Waals surface area contributed by atoms with Crippen LogP contribution in [-0.4, -0.2) is 17.5 Å². The Labute approximate surface area is 119 Å². The number of hydrogen-bond acceptors (Lipinski definition) is 2. The van der Waals surface area contributed by atoms with Gasteiger partial charge in [0, 0.05) is 12.5 Å². The van der Waals surface area contributed by atoms with Gasteiger partial charge in [0.15, 0.2) is 0 Å². The number of amides is 1. The first-order chi connectivity index (χ1) is 9.10. The number of nitrogens with one attached hydrogen (secondary N) is 2. The number of carbonyl (C=O) groups is 1. The number of hydrogen-bond donors (Lipinski definition) is 2. The minimum absolute atomic E-state index is 0.00164. The average molecular weight is 281 g/mol. The molecule has 1 aliphatic heterocycles. The molecular formula is C15H21ClN2O. The van der Waals surface area contributed by atoms with Crippen molar-refractivity contribution in [2.75, 3.05) is 0 Å². The van der Waals surface area contributed by atoms with Crippen molar-refractivity contribution in [2.45, 2.75) is 50.6 Å². The molecule has 4 unspecified atom stereocenters. The molecule has 0 radical (unpaired) electrons. The van der Waals surface area contributed by atoms with Gasteiger partial charge in [-0.15, -0.1) is 0 Å². The third-order valence-electron chi connectivity index (χ3n) is 4.32. The Balaban J connectivity index is 1.59. The van der Waals surface area contributed by atoms with Gasteiger partial charge in [-0.1, -0.05) is 36.2 Å². The summed E-state index contributed by atoms with van der Waals surface area (Å²) in [5, 5.41) is 6.16. The van der Waals surface area contributed by atoms with Gasteiger partial charge in [0.2, 0.25) is 0 Å². The Morgan fingerprint density at radius 1 is 1.42 bits per heavy atom. The SMILES string of the molecule is CC1C=C2CC(C1)CC(NC(=O)C1=CCC(Cl)N1)C2. The molecule has 4 atom stereocenters. The van der Waals surface area contributed by atoms with Gasteiger partial charge in [-0.2, -0.15) is 0 Å². The molecule has 1 heterocycles. The van der Waals surface area contributed by atoms with E-state index in [1.54, 1.807) is 0 Å².